The van der Waals surface area contributed by atoms with Gasteiger partial charge in [-0.3, -0.25) is 4.98 Å². The normalized spacial score (nSPS) is 11.7. The van der Waals surface area contributed by atoms with E-state index in [4.69, 9.17) is 0 Å². The molecule has 0 saturated heterocycles. The van der Waals surface area contributed by atoms with Crippen molar-refractivity contribution in [2.45, 2.75) is 31.5 Å². The fraction of sp³-hybridized carbons (Fsp3) is 0.385. The number of sulfonamides is 1. The van der Waals surface area contributed by atoms with Crippen LogP contribution < -0.4 is 10.0 Å². The van der Waals surface area contributed by atoms with E-state index >= 15 is 0 Å². The lowest BCUT2D eigenvalue weighted by molar-refractivity contribution is 0.577. The van der Waals surface area contributed by atoms with Gasteiger partial charge in [0.1, 0.15) is 0 Å². The SMILES string of the molecule is CCCNCc1ccc(S(=O)(=O)NCc2cncs2)nc1. The Morgan fingerprint density at radius 3 is 2.71 bits per heavy atom. The third-order valence-corrected chi connectivity index (χ3v) is 4.84. The monoisotopic (exact) mass is 326 g/mol. The summed E-state index contributed by atoms with van der Waals surface area (Å²) in [6.07, 6.45) is 4.29. The minimum Gasteiger partial charge on any atom is -0.313 e. The van der Waals surface area contributed by atoms with Gasteiger partial charge in [0.15, 0.2) is 5.03 Å². The van der Waals surface area contributed by atoms with Gasteiger partial charge in [-0.1, -0.05) is 13.0 Å². The number of aromatic nitrogens is 2. The van der Waals surface area contributed by atoms with E-state index < -0.39 is 10.0 Å². The summed E-state index contributed by atoms with van der Waals surface area (Å²) in [4.78, 5) is 8.79. The highest BCUT2D eigenvalue weighted by molar-refractivity contribution is 7.89. The Balaban J connectivity index is 1.96. The molecule has 114 valence electrons. The molecular formula is C13H18N4O2S2. The number of pyridine rings is 1. The summed E-state index contributed by atoms with van der Waals surface area (Å²) in [6, 6.07) is 3.30. The first-order valence-electron chi connectivity index (χ1n) is 6.64. The molecule has 0 aliphatic carbocycles. The lowest BCUT2D eigenvalue weighted by Gasteiger charge is -2.06. The van der Waals surface area contributed by atoms with Crippen molar-refractivity contribution in [2.24, 2.45) is 0 Å². The predicted octanol–water partition coefficient (Wildman–Crippen LogP) is 1.52. The van der Waals surface area contributed by atoms with Crippen LogP contribution in [0.3, 0.4) is 0 Å². The summed E-state index contributed by atoms with van der Waals surface area (Å²) in [7, 11) is -3.58. The van der Waals surface area contributed by atoms with Crippen LogP contribution in [0, 0.1) is 0 Å². The van der Waals surface area contributed by atoms with Crippen LogP contribution in [0.4, 0.5) is 0 Å². The minimum atomic E-state index is -3.58. The van der Waals surface area contributed by atoms with Crippen molar-refractivity contribution < 1.29 is 8.42 Å². The molecule has 0 aliphatic rings. The average molecular weight is 326 g/mol. The van der Waals surface area contributed by atoms with Gasteiger partial charge in [0.25, 0.3) is 10.0 Å². The topological polar surface area (TPSA) is 84.0 Å². The lowest BCUT2D eigenvalue weighted by Crippen LogP contribution is -2.24. The van der Waals surface area contributed by atoms with Crippen LogP contribution in [-0.2, 0) is 23.1 Å². The van der Waals surface area contributed by atoms with Gasteiger partial charge in [-0.15, -0.1) is 11.3 Å². The second kappa shape index (κ2) is 7.60. The number of nitrogens with zero attached hydrogens (tertiary/aromatic N) is 2. The van der Waals surface area contributed by atoms with Crippen molar-refractivity contribution in [3.8, 4) is 0 Å². The Labute approximate surface area is 128 Å². The van der Waals surface area contributed by atoms with E-state index in [1.807, 2.05) is 0 Å². The summed E-state index contributed by atoms with van der Waals surface area (Å²) in [6.45, 7) is 3.94. The summed E-state index contributed by atoms with van der Waals surface area (Å²) in [5, 5.41) is 3.28. The summed E-state index contributed by atoms with van der Waals surface area (Å²) >= 11 is 1.41. The standard InChI is InChI=1S/C13H18N4O2S2/c1-2-5-14-6-11-3-4-13(16-7-11)21(18,19)17-9-12-8-15-10-20-12/h3-4,7-8,10,14,17H,2,5-6,9H2,1H3. The molecule has 0 unspecified atom stereocenters. The molecular weight excluding hydrogens is 308 g/mol. The highest BCUT2D eigenvalue weighted by atomic mass is 32.2. The van der Waals surface area contributed by atoms with E-state index in [1.54, 1.807) is 24.0 Å². The van der Waals surface area contributed by atoms with Gasteiger partial charge in [-0.25, -0.2) is 18.1 Å². The highest BCUT2D eigenvalue weighted by Gasteiger charge is 2.15. The van der Waals surface area contributed by atoms with Crippen molar-refractivity contribution in [2.75, 3.05) is 6.54 Å². The fourth-order valence-electron chi connectivity index (χ4n) is 1.65. The van der Waals surface area contributed by atoms with Crippen molar-refractivity contribution in [1.29, 1.82) is 0 Å². The molecule has 2 aromatic rings. The molecule has 21 heavy (non-hydrogen) atoms. The Hall–Kier alpha value is -1.35. The van der Waals surface area contributed by atoms with E-state index in [9.17, 15) is 8.42 Å². The Morgan fingerprint density at radius 2 is 2.10 bits per heavy atom. The van der Waals surface area contributed by atoms with E-state index in [0.29, 0.717) is 6.54 Å². The zero-order valence-electron chi connectivity index (χ0n) is 11.7. The van der Waals surface area contributed by atoms with Crippen molar-refractivity contribution >= 4 is 21.4 Å². The molecule has 2 rings (SSSR count). The van der Waals surface area contributed by atoms with Gasteiger partial charge in [0, 0.05) is 30.4 Å². The first kappa shape index (κ1) is 16.0. The van der Waals surface area contributed by atoms with Gasteiger partial charge in [0.05, 0.1) is 5.51 Å². The number of hydrogen-bond donors (Lipinski definition) is 2. The summed E-state index contributed by atoms with van der Waals surface area (Å²) in [5.41, 5.74) is 2.63. The van der Waals surface area contributed by atoms with Crippen LogP contribution in [-0.4, -0.2) is 24.9 Å². The van der Waals surface area contributed by atoms with Crippen LogP contribution in [0.2, 0.25) is 0 Å². The molecule has 2 aromatic heterocycles. The van der Waals surface area contributed by atoms with E-state index in [0.717, 1.165) is 23.4 Å². The van der Waals surface area contributed by atoms with Gasteiger partial charge in [-0.05, 0) is 24.6 Å². The molecule has 6 nitrogen and oxygen atoms in total. The van der Waals surface area contributed by atoms with E-state index in [2.05, 4.69) is 26.9 Å². The molecule has 0 saturated carbocycles. The number of hydrogen-bond acceptors (Lipinski definition) is 6. The maximum absolute atomic E-state index is 12.1. The zero-order chi connectivity index (χ0) is 15.1. The molecule has 2 heterocycles. The van der Waals surface area contributed by atoms with Crippen LogP contribution in [0.25, 0.3) is 0 Å². The Morgan fingerprint density at radius 1 is 1.24 bits per heavy atom. The molecule has 0 amide bonds. The molecule has 0 aliphatic heterocycles. The van der Waals surface area contributed by atoms with Crippen molar-refractivity contribution in [3.63, 3.8) is 0 Å². The number of nitrogens with one attached hydrogen (secondary N) is 2. The van der Waals surface area contributed by atoms with Crippen LogP contribution in [0.15, 0.2) is 35.1 Å². The molecule has 2 N–H and O–H groups in total. The third kappa shape index (κ3) is 4.85. The molecule has 0 aromatic carbocycles. The van der Waals surface area contributed by atoms with E-state index in [-0.39, 0.29) is 11.6 Å². The number of thiazole rings is 1. The van der Waals surface area contributed by atoms with Crippen LogP contribution in [0.5, 0.6) is 0 Å². The smallest absolute Gasteiger partial charge is 0.258 e. The van der Waals surface area contributed by atoms with Gasteiger partial charge in [-0.2, -0.15) is 0 Å². The first-order valence-corrected chi connectivity index (χ1v) is 9.01. The second-order valence-corrected chi connectivity index (χ2v) is 7.16. The fourth-order valence-corrected chi connectivity index (χ4v) is 3.21. The third-order valence-electron chi connectivity index (χ3n) is 2.75. The van der Waals surface area contributed by atoms with Gasteiger partial charge >= 0.3 is 0 Å². The molecule has 0 spiro atoms. The highest BCUT2D eigenvalue weighted by Crippen LogP contribution is 2.10. The quantitative estimate of drug-likeness (QED) is 0.719. The molecule has 8 heteroatoms. The minimum absolute atomic E-state index is 0.0336. The van der Waals surface area contributed by atoms with Crippen molar-refractivity contribution in [3.05, 3.63) is 40.5 Å². The van der Waals surface area contributed by atoms with Crippen LogP contribution >= 0.6 is 11.3 Å². The maximum Gasteiger partial charge on any atom is 0.258 e. The summed E-state index contributed by atoms with van der Waals surface area (Å²) < 4.78 is 26.7. The molecule has 0 fully saturated rings. The average Bonchev–Trinajstić information content (AvgIpc) is 3.00. The molecule has 0 bridgehead atoms. The largest absolute Gasteiger partial charge is 0.313 e. The second-order valence-electron chi connectivity index (χ2n) is 4.47. The summed E-state index contributed by atoms with van der Waals surface area (Å²) in [5.74, 6) is 0. The van der Waals surface area contributed by atoms with Crippen molar-refractivity contribution in [1.82, 2.24) is 20.0 Å². The molecule has 0 atom stereocenters. The first-order chi connectivity index (χ1) is 10.1. The van der Waals surface area contributed by atoms with E-state index in [1.165, 1.54) is 17.4 Å². The Kier molecular flexibility index (Phi) is 5.80. The Bertz CT molecular complexity index is 639. The predicted molar refractivity (Wildman–Crippen MR) is 82.4 cm³/mol. The lowest BCUT2D eigenvalue weighted by atomic mass is 10.3. The maximum atomic E-state index is 12.1. The number of rotatable bonds is 8. The van der Waals surface area contributed by atoms with Crippen LogP contribution in [0.1, 0.15) is 23.8 Å². The van der Waals surface area contributed by atoms with Gasteiger partial charge < -0.3 is 5.32 Å². The zero-order valence-corrected chi connectivity index (χ0v) is 13.4. The van der Waals surface area contributed by atoms with Gasteiger partial charge in [0.2, 0.25) is 0 Å². The molecule has 0 radical (unpaired) electrons.